The van der Waals surface area contributed by atoms with E-state index in [0.29, 0.717) is 19.7 Å². The lowest BCUT2D eigenvalue weighted by Gasteiger charge is -2.21. The molecule has 0 aromatic carbocycles. The monoisotopic (exact) mass is 215 g/mol. The summed E-state index contributed by atoms with van der Waals surface area (Å²) in [5.41, 5.74) is -0.127. The largest absolute Gasteiger partial charge is 0.463 e. The first-order chi connectivity index (χ1) is 7.02. The van der Waals surface area contributed by atoms with Gasteiger partial charge in [0, 0.05) is 31.2 Å². The summed E-state index contributed by atoms with van der Waals surface area (Å²) in [6, 6.07) is 0. The van der Waals surface area contributed by atoms with Crippen LogP contribution >= 0.6 is 0 Å². The van der Waals surface area contributed by atoms with Crippen LogP contribution in [-0.4, -0.2) is 37.4 Å². The van der Waals surface area contributed by atoms with Gasteiger partial charge in [-0.05, 0) is 6.92 Å². The quantitative estimate of drug-likeness (QED) is 0.373. The second-order valence-corrected chi connectivity index (χ2v) is 4.11. The molecular formula is C11H21NO3. The molecule has 0 heterocycles. The van der Waals surface area contributed by atoms with Gasteiger partial charge in [-0.15, -0.1) is 0 Å². The maximum absolute atomic E-state index is 10.9. The molecule has 0 aliphatic rings. The Hall–Kier alpha value is -0.870. The van der Waals surface area contributed by atoms with E-state index in [1.165, 1.54) is 6.08 Å². The van der Waals surface area contributed by atoms with Crippen LogP contribution in [0.3, 0.4) is 0 Å². The van der Waals surface area contributed by atoms with Crippen molar-refractivity contribution in [1.29, 1.82) is 0 Å². The molecule has 0 radical (unpaired) electrons. The number of ether oxygens (including phenoxy) is 1. The van der Waals surface area contributed by atoms with Gasteiger partial charge in [0.1, 0.15) is 0 Å². The number of hydrogen-bond donors (Lipinski definition) is 2. The number of rotatable bonds is 7. The Labute approximate surface area is 91.3 Å². The van der Waals surface area contributed by atoms with Crippen molar-refractivity contribution in [1.82, 2.24) is 5.32 Å². The minimum atomic E-state index is -0.319. The lowest BCUT2D eigenvalue weighted by atomic mass is 9.95. The van der Waals surface area contributed by atoms with E-state index in [0.717, 1.165) is 0 Å². The van der Waals surface area contributed by atoms with Crippen LogP contribution in [0, 0.1) is 5.41 Å². The van der Waals surface area contributed by atoms with Crippen molar-refractivity contribution in [2.75, 3.05) is 26.3 Å². The molecule has 0 aliphatic carbocycles. The summed E-state index contributed by atoms with van der Waals surface area (Å²) in [6.07, 6.45) is 3.12. The fourth-order valence-electron chi connectivity index (χ4n) is 0.895. The van der Waals surface area contributed by atoms with E-state index in [2.05, 4.69) is 5.32 Å². The van der Waals surface area contributed by atoms with Gasteiger partial charge >= 0.3 is 5.97 Å². The molecule has 0 unspecified atom stereocenters. The summed E-state index contributed by atoms with van der Waals surface area (Å²) in [7, 11) is 0. The van der Waals surface area contributed by atoms with Crippen LogP contribution in [0.25, 0.3) is 0 Å². The van der Waals surface area contributed by atoms with Crippen molar-refractivity contribution in [3.05, 3.63) is 12.2 Å². The van der Waals surface area contributed by atoms with Crippen molar-refractivity contribution < 1.29 is 14.6 Å². The minimum absolute atomic E-state index is 0.127. The zero-order valence-corrected chi connectivity index (χ0v) is 9.75. The molecule has 0 atom stereocenters. The summed E-state index contributed by atoms with van der Waals surface area (Å²) in [6.45, 7) is 7.55. The lowest BCUT2D eigenvalue weighted by molar-refractivity contribution is -0.137. The van der Waals surface area contributed by atoms with Gasteiger partial charge in [-0.25, -0.2) is 4.79 Å². The number of esters is 1. The van der Waals surface area contributed by atoms with E-state index < -0.39 is 0 Å². The highest BCUT2D eigenvalue weighted by atomic mass is 16.5. The molecule has 0 fully saturated rings. The van der Waals surface area contributed by atoms with E-state index >= 15 is 0 Å². The number of nitrogens with one attached hydrogen (secondary N) is 1. The summed E-state index contributed by atoms with van der Waals surface area (Å²) in [5, 5.41) is 12.1. The summed E-state index contributed by atoms with van der Waals surface area (Å²) >= 11 is 0. The fourth-order valence-corrected chi connectivity index (χ4v) is 0.895. The highest BCUT2D eigenvalue weighted by Gasteiger charge is 2.14. The van der Waals surface area contributed by atoms with E-state index in [1.807, 2.05) is 13.8 Å². The molecule has 15 heavy (non-hydrogen) atoms. The molecule has 0 aliphatic heterocycles. The topological polar surface area (TPSA) is 58.6 Å². The summed E-state index contributed by atoms with van der Waals surface area (Å²) < 4.78 is 4.72. The molecule has 0 bridgehead atoms. The first-order valence-corrected chi connectivity index (χ1v) is 5.16. The molecule has 88 valence electrons. The molecule has 0 spiro atoms. The molecule has 0 aromatic rings. The smallest absolute Gasteiger partial charge is 0.330 e. The van der Waals surface area contributed by atoms with Crippen molar-refractivity contribution in [2.45, 2.75) is 20.8 Å². The third kappa shape index (κ3) is 8.15. The van der Waals surface area contributed by atoms with Gasteiger partial charge in [-0.3, -0.25) is 0 Å². The average Bonchev–Trinajstić information content (AvgIpc) is 2.17. The molecule has 4 nitrogen and oxygen atoms in total. The van der Waals surface area contributed by atoms with Gasteiger partial charge in [0.15, 0.2) is 0 Å². The van der Waals surface area contributed by atoms with E-state index in [1.54, 1.807) is 13.0 Å². The van der Waals surface area contributed by atoms with Gasteiger partial charge in [-0.1, -0.05) is 19.9 Å². The highest BCUT2D eigenvalue weighted by molar-refractivity contribution is 5.81. The third-order valence-electron chi connectivity index (χ3n) is 1.83. The van der Waals surface area contributed by atoms with Crippen molar-refractivity contribution >= 4 is 5.97 Å². The van der Waals surface area contributed by atoms with Crippen LogP contribution < -0.4 is 5.32 Å². The standard InChI is InChI=1S/C11H21NO3/c1-4-15-10(14)6-5-7-12-8-11(2,3)9-13/h5-6,12-13H,4,7-9H2,1-3H3/b6-5+. The molecule has 2 N–H and O–H groups in total. The van der Waals surface area contributed by atoms with Crippen molar-refractivity contribution in [3.8, 4) is 0 Å². The first-order valence-electron chi connectivity index (χ1n) is 5.16. The molecule has 0 saturated carbocycles. The van der Waals surface area contributed by atoms with Gasteiger partial charge in [-0.2, -0.15) is 0 Å². The Bertz CT molecular complexity index is 212. The number of carbonyl (C=O) groups excluding carboxylic acids is 1. The Balaban J connectivity index is 3.58. The van der Waals surface area contributed by atoms with Crippen LogP contribution in [0.2, 0.25) is 0 Å². The number of aliphatic hydroxyl groups excluding tert-OH is 1. The SMILES string of the molecule is CCOC(=O)/C=C/CNCC(C)(C)CO. The normalized spacial score (nSPS) is 12.0. The van der Waals surface area contributed by atoms with Gasteiger partial charge in [0.2, 0.25) is 0 Å². The average molecular weight is 215 g/mol. The maximum Gasteiger partial charge on any atom is 0.330 e. The molecule has 0 amide bonds. The van der Waals surface area contributed by atoms with E-state index in [9.17, 15) is 4.79 Å². The fraction of sp³-hybridized carbons (Fsp3) is 0.727. The zero-order chi connectivity index (χ0) is 11.7. The third-order valence-corrected chi connectivity index (χ3v) is 1.83. The zero-order valence-electron chi connectivity index (χ0n) is 9.75. The van der Waals surface area contributed by atoms with Crippen molar-refractivity contribution in [3.63, 3.8) is 0 Å². The van der Waals surface area contributed by atoms with Crippen LogP contribution in [0.15, 0.2) is 12.2 Å². The Morgan fingerprint density at radius 2 is 2.20 bits per heavy atom. The Morgan fingerprint density at radius 3 is 2.73 bits per heavy atom. The van der Waals surface area contributed by atoms with E-state index in [-0.39, 0.29) is 18.0 Å². The highest BCUT2D eigenvalue weighted by Crippen LogP contribution is 2.10. The number of hydrogen-bond acceptors (Lipinski definition) is 4. The molecule has 4 heteroatoms. The molecule has 0 saturated heterocycles. The second-order valence-electron chi connectivity index (χ2n) is 4.11. The number of carbonyl (C=O) groups is 1. The second kappa shape index (κ2) is 7.43. The minimum Gasteiger partial charge on any atom is -0.463 e. The van der Waals surface area contributed by atoms with Gasteiger partial charge in [0.05, 0.1) is 6.61 Å². The van der Waals surface area contributed by atoms with Crippen molar-refractivity contribution in [2.24, 2.45) is 5.41 Å². The molecule has 0 rings (SSSR count). The Kier molecular flexibility index (Phi) is 6.99. The summed E-state index contributed by atoms with van der Waals surface area (Å²) in [4.78, 5) is 10.9. The molecule has 0 aromatic heterocycles. The number of aliphatic hydroxyl groups is 1. The maximum atomic E-state index is 10.9. The summed E-state index contributed by atoms with van der Waals surface area (Å²) in [5.74, 6) is -0.319. The van der Waals surface area contributed by atoms with Crippen LogP contribution in [0.1, 0.15) is 20.8 Å². The van der Waals surface area contributed by atoms with E-state index in [4.69, 9.17) is 9.84 Å². The van der Waals surface area contributed by atoms with Gasteiger partial charge in [0.25, 0.3) is 0 Å². The predicted molar refractivity (Wildman–Crippen MR) is 59.5 cm³/mol. The van der Waals surface area contributed by atoms with Crippen LogP contribution in [0.4, 0.5) is 0 Å². The first kappa shape index (κ1) is 14.1. The van der Waals surface area contributed by atoms with Crippen LogP contribution in [-0.2, 0) is 9.53 Å². The van der Waals surface area contributed by atoms with Crippen LogP contribution in [0.5, 0.6) is 0 Å². The predicted octanol–water partition coefficient (Wildman–Crippen LogP) is 0.714. The molecular weight excluding hydrogens is 194 g/mol. The Morgan fingerprint density at radius 1 is 1.53 bits per heavy atom. The van der Waals surface area contributed by atoms with Gasteiger partial charge < -0.3 is 15.2 Å². The lowest BCUT2D eigenvalue weighted by Crippen LogP contribution is -2.32.